The second-order valence-electron chi connectivity index (χ2n) is 3.86. The first-order valence-electron chi connectivity index (χ1n) is 6.11. The van der Waals surface area contributed by atoms with Crippen molar-refractivity contribution in [2.75, 3.05) is 6.61 Å². The van der Waals surface area contributed by atoms with E-state index in [-0.39, 0.29) is 0 Å². The van der Waals surface area contributed by atoms with Gasteiger partial charge in [0.25, 0.3) is 0 Å². The maximum absolute atomic E-state index is 5.42. The summed E-state index contributed by atoms with van der Waals surface area (Å²) in [5.41, 5.74) is 0. The van der Waals surface area contributed by atoms with Crippen LogP contribution >= 0.6 is 0 Å². The van der Waals surface area contributed by atoms with Crippen LogP contribution in [0.15, 0.2) is 12.3 Å². The van der Waals surface area contributed by atoms with Crippen LogP contribution in [-0.4, -0.2) is 6.61 Å². The first-order chi connectivity index (χ1) is 6.81. The number of hydrogen-bond acceptors (Lipinski definition) is 1. The quantitative estimate of drug-likeness (QED) is 0.366. The van der Waals surface area contributed by atoms with E-state index in [1.165, 1.54) is 44.9 Å². The molecule has 0 radical (unpaired) electrons. The van der Waals surface area contributed by atoms with Gasteiger partial charge in [-0.05, 0) is 6.42 Å². The molecule has 0 saturated heterocycles. The maximum atomic E-state index is 5.42. The minimum Gasteiger partial charge on any atom is -0.499 e. The van der Waals surface area contributed by atoms with Crippen molar-refractivity contribution in [2.45, 2.75) is 65.2 Å². The minimum atomic E-state index is 0.862. The number of unbranched alkanes of at least 4 members (excludes halogenated alkanes) is 6. The number of hydrogen-bond donors (Lipinski definition) is 0. The Morgan fingerprint density at radius 1 is 0.929 bits per heavy atom. The highest BCUT2D eigenvalue weighted by molar-refractivity contribution is 4.79. The summed E-state index contributed by atoms with van der Waals surface area (Å²) < 4.78 is 5.42. The Kier molecular flexibility index (Phi) is 10.3. The van der Waals surface area contributed by atoms with Gasteiger partial charge in [0.2, 0.25) is 0 Å². The number of allylic oxidation sites excluding steroid dienone is 1. The van der Waals surface area contributed by atoms with E-state index >= 15 is 0 Å². The molecule has 0 aliphatic heterocycles. The zero-order valence-electron chi connectivity index (χ0n) is 9.98. The van der Waals surface area contributed by atoms with Gasteiger partial charge in [-0.1, -0.05) is 59.0 Å². The molecule has 0 aliphatic carbocycles. The van der Waals surface area contributed by atoms with E-state index in [1.54, 1.807) is 0 Å². The summed E-state index contributed by atoms with van der Waals surface area (Å²) in [6.07, 6.45) is 10.3. The van der Waals surface area contributed by atoms with Gasteiger partial charge in [-0.15, -0.1) is 0 Å². The molecule has 0 aromatic heterocycles. The van der Waals surface area contributed by atoms with Crippen molar-refractivity contribution >= 4 is 0 Å². The second kappa shape index (κ2) is 10.6. The van der Waals surface area contributed by atoms with Crippen LogP contribution in [-0.2, 0) is 4.74 Å². The number of rotatable bonds is 10. The zero-order chi connectivity index (χ0) is 10.6. The van der Waals surface area contributed by atoms with Gasteiger partial charge in [0.1, 0.15) is 0 Å². The lowest BCUT2D eigenvalue weighted by molar-refractivity contribution is 0.199. The van der Waals surface area contributed by atoms with Crippen LogP contribution in [0.2, 0.25) is 0 Å². The third-order valence-corrected chi connectivity index (χ3v) is 2.45. The smallest absolute Gasteiger partial charge is 0.0885 e. The van der Waals surface area contributed by atoms with Crippen LogP contribution in [0.25, 0.3) is 0 Å². The Morgan fingerprint density at radius 2 is 1.50 bits per heavy atom. The van der Waals surface area contributed by atoms with E-state index in [0.717, 1.165) is 18.8 Å². The molecule has 0 amide bonds. The van der Waals surface area contributed by atoms with Crippen molar-refractivity contribution in [3.63, 3.8) is 0 Å². The Balaban J connectivity index is 2.95. The molecule has 0 fully saturated rings. The molecular formula is C13H26O. The lowest BCUT2D eigenvalue weighted by Gasteiger charge is -2.06. The van der Waals surface area contributed by atoms with Gasteiger partial charge in [0.05, 0.1) is 12.4 Å². The lowest BCUT2D eigenvalue weighted by Crippen LogP contribution is -1.93. The van der Waals surface area contributed by atoms with Crippen LogP contribution in [0.5, 0.6) is 0 Å². The van der Waals surface area contributed by atoms with Gasteiger partial charge in [0, 0.05) is 6.42 Å². The highest BCUT2D eigenvalue weighted by Gasteiger charge is 1.92. The molecule has 1 nitrogen and oxygen atoms in total. The predicted molar refractivity (Wildman–Crippen MR) is 63.4 cm³/mol. The molecule has 0 saturated carbocycles. The van der Waals surface area contributed by atoms with Crippen molar-refractivity contribution in [3.05, 3.63) is 12.3 Å². The Labute approximate surface area is 89.5 Å². The Morgan fingerprint density at radius 3 is 2.07 bits per heavy atom. The van der Waals surface area contributed by atoms with Gasteiger partial charge in [-0.3, -0.25) is 0 Å². The van der Waals surface area contributed by atoms with Crippen LogP contribution in [0.1, 0.15) is 65.2 Å². The van der Waals surface area contributed by atoms with Crippen molar-refractivity contribution in [1.29, 1.82) is 0 Å². The van der Waals surface area contributed by atoms with Crippen molar-refractivity contribution in [2.24, 2.45) is 0 Å². The molecule has 0 unspecified atom stereocenters. The summed E-state index contributed by atoms with van der Waals surface area (Å²) in [5, 5.41) is 0. The first-order valence-corrected chi connectivity index (χ1v) is 6.11. The maximum Gasteiger partial charge on any atom is 0.0885 e. The molecule has 0 N–H and O–H groups in total. The molecular weight excluding hydrogens is 172 g/mol. The van der Waals surface area contributed by atoms with Gasteiger partial charge in [-0.25, -0.2) is 0 Å². The van der Waals surface area contributed by atoms with Crippen LogP contribution in [0.3, 0.4) is 0 Å². The average Bonchev–Trinajstić information content (AvgIpc) is 2.21. The molecule has 84 valence electrons. The topological polar surface area (TPSA) is 9.23 Å². The molecule has 0 atom stereocenters. The third-order valence-electron chi connectivity index (χ3n) is 2.45. The summed E-state index contributed by atoms with van der Waals surface area (Å²) in [5.74, 6) is 0.927. The molecule has 0 aliphatic rings. The molecule has 14 heavy (non-hydrogen) atoms. The molecule has 1 heteroatoms. The molecule has 0 heterocycles. The van der Waals surface area contributed by atoms with Gasteiger partial charge in [0.15, 0.2) is 0 Å². The van der Waals surface area contributed by atoms with Gasteiger partial charge in [-0.2, -0.15) is 0 Å². The Bertz CT molecular complexity index is 129. The average molecular weight is 198 g/mol. The third kappa shape index (κ3) is 9.63. The summed E-state index contributed by atoms with van der Waals surface area (Å²) in [6, 6.07) is 0. The van der Waals surface area contributed by atoms with E-state index in [4.69, 9.17) is 4.74 Å². The van der Waals surface area contributed by atoms with Gasteiger partial charge < -0.3 is 4.74 Å². The number of ether oxygens (including phenoxy) is 1. The fraction of sp³-hybridized carbons (Fsp3) is 0.846. The molecule has 0 rings (SSSR count). The highest BCUT2D eigenvalue weighted by Crippen LogP contribution is 2.08. The summed E-state index contributed by atoms with van der Waals surface area (Å²) in [4.78, 5) is 0. The van der Waals surface area contributed by atoms with Crippen LogP contribution in [0, 0.1) is 0 Å². The monoisotopic (exact) mass is 198 g/mol. The minimum absolute atomic E-state index is 0.862. The summed E-state index contributed by atoms with van der Waals surface area (Å²) in [6.45, 7) is 9.00. The predicted octanol–water partition coefficient (Wildman–Crippen LogP) is 4.68. The first kappa shape index (κ1) is 13.5. The van der Waals surface area contributed by atoms with Crippen molar-refractivity contribution in [1.82, 2.24) is 0 Å². The van der Waals surface area contributed by atoms with E-state index in [2.05, 4.69) is 20.4 Å². The standard InChI is InChI=1S/C13H26O/c1-4-6-7-8-9-10-11-12-14-13(3)5-2/h3-12H2,1-2H3. The van der Waals surface area contributed by atoms with E-state index < -0.39 is 0 Å². The fourth-order valence-electron chi connectivity index (χ4n) is 1.38. The largest absolute Gasteiger partial charge is 0.499 e. The zero-order valence-corrected chi connectivity index (χ0v) is 9.98. The van der Waals surface area contributed by atoms with Crippen LogP contribution in [0.4, 0.5) is 0 Å². The summed E-state index contributed by atoms with van der Waals surface area (Å²) >= 11 is 0. The summed E-state index contributed by atoms with van der Waals surface area (Å²) in [7, 11) is 0. The lowest BCUT2D eigenvalue weighted by atomic mass is 10.1. The Hall–Kier alpha value is -0.460. The fourth-order valence-corrected chi connectivity index (χ4v) is 1.38. The van der Waals surface area contributed by atoms with Crippen LogP contribution < -0.4 is 0 Å². The molecule has 0 bridgehead atoms. The molecule has 0 spiro atoms. The normalized spacial score (nSPS) is 10.1. The highest BCUT2D eigenvalue weighted by atomic mass is 16.5. The SMILES string of the molecule is C=C(CC)OCCCCCCCCC. The van der Waals surface area contributed by atoms with E-state index in [0.29, 0.717) is 0 Å². The molecule has 0 aromatic carbocycles. The van der Waals surface area contributed by atoms with Gasteiger partial charge >= 0.3 is 0 Å². The van der Waals surface area contributed by atoms with Crippen molar-refractivity contribution in [3.8, 4) is 0 Å². The van der Waals surface area contributed by atoms with Crippen molar-refractivity contribution < 1.29 is 4.74 Å². The molecule has 0 aromatic rings. The van der Waals surface area contributed by atoms with E-state index in [1.807, 2.05) is 0 Å². The van der Waals surface area contributed by atoms with E-state index in [9.17, 15) is 0 Å². The second-order valence-corrected chi connectivity index (χ2v) is 3.86.